The van der Waals surface area contributed by atoms with Gasteiger partial charge in [-0.3, -0.25) is 14.2 Å². The molecule has 0 saturated heterocycles. The lowest BCUT2D eigenvalue weighted by Crippen LogP contribution is -2.25. The van der Waals surface area contributed by atoms with E-state index in [-0.39, 0.29) is 23.2 Å². The fourth-order valence-electron chi connectivity index (χ4n) is 1.66. The third kappa shape index (κ3) is 2.22. The number of fused-ring (bicyclic) bond motifs is 1. The van der Waals surface area contributed by atoms with E-state index in [1.807, 2.05) is 0 Å². The second-order valence-corrected chi connectivity index (χ2v) is 4.20. The van der Waals surface area contributed by atoms with E-state index >= 15 is 0 Å². The van der Waals surface area contributed by atoms with E-state index in [1.165, 1.54) is 14.0 Å². The summed E-state index contributed by atoms with van der Waals surface area (Å²) in [4.78, 5) is 27.4. The lowest BCUT2D eigenvalue weighted by molar-refractivity contribution is -0.117. The van der Waals surface area contributed by atoms with Crippen LogP contribution < -0.4 is 10.3 Å². The minimum Gasteiger partial charge on any atom is -0.497 e. The summed E-state index contributed by atoms with van der Waals surface area (Å²) in [6.45, 7) is 1.30. The first-order chi connectivity index (χ1) is 8.52. The van der Waals surface area contributed by atoms with Gasteiger partial charge in [0.15, 0.2) is 0 Å². The molecule has 0 aliphatic carbocycles. The van der Waals surface area contributed by atoms with E-state index in [9.17, 15) is 9.59 Å². The van der Waals surface area contributed by atoms with Crippen LogP contribution in [0.2, 0.25) is 5.28 Å². The Morgan fingerprint density at radius 2 is 2.22 bits per heavy atom. The van der Waals surface area contributed by atoms with Gasteiger partial charge in [0.2, 0.25) is 5.28 Å². The summed E-state index contributed by atoms with van der Waals surface area (Å²) in [6.07, 6.45) is 0. The van der Waals surface area contributed by atoms with Crippen molar-refractivity contribution in [1.82, 2.24) is 9.55 Å². The molecule has 0 atom stereocenters. The predicted octanol–water partition coefficient (Wildman–Crippen LogP) is 1.65. The number of rotatable bonds is 3. The van der Waals surface area contributed by atoms with Gasteiger partial charge >= 0.3 is 0 Å². The van der Waals surface area contributed by atoms with Crippen LogP contribution in [0.1, 0.15) is 6.92 Å². The fourth-order valence-corrected chi connectivity index (χ4v) is 1.89. The first kappa shape index (κ1) is 12.6. The van der Waals surface area contributed by atoms with E-state index < -0.39 is 0 Å². The number of ketones is 1. The Bertz CT molecular complexity index is 679. The molecule has 18 heavy (non-hydrogen) atoms. The van der Waals surface area contributed by atoms with Gasteiger partial charge in [0.25, 0.3) is 5.56 Å². The third-order valence-corrected chi connectivity index (χ3v) is 2.78. The highest BCUT2D eigenvalue weighted by Gasteiger charge is 2.11. The third-order valence-electron chi connectivity index (χ3n) is 2.50. The van der Waals surface area contributed by atoms with E-state index in [4.69, 9.17) is 16.3 Å². The van der Waals surface area contributed by atoms with Crippen LogP contribution in [0.5, 0.6) is 5.75 Å². The Morgan fingerprint density at radius 3 is 2.83 bits per heavy atom. The average Bonchev–Trinajstić information content (AvgIpc) is 2.34. The number of aromatic nitrogens is 2. The van der Waals surface area contributed by atoms with Crippen LogP contribution in [0, 0.1) is 0 Å². The van der Waals surface area contributed by atoms with Gasteiger partial charge in [-0.05, 0) is 36.7 Å². The van der Waals surface area contributed by atoms with Crippen LogP contribution >= 0.6 is 11.6 Å². The number of methoxy groups -OCH3 is 1. The molecule has 2 rings (SSSR count). The zero-order valence-corrected chi connectivity index (χ0v) is 10.7. The van der Waals surface area contributed by atoms with Crippen molar-refractivity contribution in [3.05, 3.63) is 33.8 Å². The summed E-state index contributed by atoms with van der Waals surface area (Å²) in [5.74, 6) is 0.390. The average molecular weight is 267 g/mol. The summed E-state index contributed by atoms with van der Waals surface area (Å²) in [7, 11) is 1.51. The Morgan fingerprint density at radius 1 is 1.50 bits per heavy atom. The van der Waals surface area contributed by atoms with Gasteiger partial charge in [0.05, 0.1) is 24.6 Å². The zero-order chi connectivity index (χ0) is 13.3. The lowest BCUT2D eigenvalue weighted by atomic mass is 10.2. The monoisotopic (exact) mass is 266 g/mol. The minimum absolute atomic E-state index is 0.00728. The van der Waals surface area contributed by atoms with Crippen LogP contribution in [0.25, 0.3) is 10.9 Å². The predicted molar refractivity (Wildman–Crippen MR) is 68.2 cm³/mol. The number of Topliss-reactive ketones (excluding diaryl/α,β-unsaturated/α-hetero) is 1. The Balaban J connectivity index is 2.73. The molecular weight excluding hydrogens is 256 g/mol. The van der Waals surface area contributed by atoms with Crippen molar-refractivity contribution in [3.63, 3.8) is 0 Å². The van der Waals surface area contributed by atoms with E-state index in [0.29, 0.717) is 16.7 Å². The molecule has 0 aliphatic rings. The number of nitrogens with zero attached hydrogens (tertiary/aromatic N) is 2. The van der Waals surface area contributed by atoms with Crippen LogP contribution in [-0.2, 0) is 11.3 Å². The molecule has 0 unspecified atom stereocenters. The van der Waals surface area contributed by atoms with Gasteiger partial charge < -0.3 is 4.74 Å². The number of carbonyl (C=O) groups is 1. The number of ether oxygens (including phenoxy) is 1. The summed E-state index contributed by atoms with van der Waals surface area (Å²) in [5, 5.41) is 0.382. The van der Waals surface area contributed by atoms with Crippen molar-refractivity contribution in [3.8, 4) is 5.75 Å². The van der Waals surface area contributed by atoms with E-state index in [1.54, 1.807) is 18.2 Å². The van der Waals surface area contributed by atoms with Crippen molar-refractivity contribution in [1.29, 1.82) is 0 Å². The lowest BCUT2D eigenvalue weighted by Gasteiger charge is -2.08. The maximum atomic E-state index is 12.2. The summed E-state index contributed by atoms with van der Waals surface area (Å²) in [5.41, 5.74) is 0.129. The molecule has 1 aromatic heterocycles. The smallest absolute Gasteiger partial charge is 0.262 e. The molecule has 1 heterocycles. The van der Waals surface area contributed by atoms with Crippen molar-refractivity contribution in [2.75, 3.05) is 7.11 Å². The number of hydrogen-bond acceptors (Lipinski definition) is 4. The molecule has 1 aromatic carbocycles. The highest BCUT2D eigenvalue weighted by Crippen LogP contribution is 2.18. The van der Waals surface area contributed by atoms with Gasteiger partial charge in [0.1, 0.15) is 11.5 Å². The number of hydrogen-bond donors (Lipinski definition) is 0. The van der Waals surface area contributed by atoms with E-state index in [0.717, 1.165) is 4.57 Å². The second-order valence-electron chi connectivity index (χ2n) is 3.86. The Hall–Kier alpha value is -1.88. The zero-order valence-electron chi connectivity index (χ0n) is 9.94. The molecule has 0 spiro atoms. The van der Waals surface area contributed by atoms with Gasteiger partial charge in [-0.1, -0.05) is 0 Å². The first-order valence-corrected chi connectivity index (χ1v) is 5.64. The quantitative estimate of drug-likeness (QED) is 0.793. The van der Waals surface area contributed by atoms with Crippen LogP contribution in [-0.4, -0.2) is 22.4 Å². The van der Waals surface area contributed by atoms with Crippen molar-refractivity contribution in [2.45, 2.75) is 13.5 Å². The number of carbonyl (C=O) groups excluding carboxylic acids is 1. The minimum atomic E-state index is -0.348. The van der Waals surface area contributed by atoms with Crippen LogP contribution in [0.15, 0.2) is 23.0 Å². The molecule has 0 saturated carbocycles. The summed E-state index contributed by atoms with van der Waals surface area (Å²) >= 11 is 5.89. The summed E-state index contributed by atoms with van der Waals surface area (Å²) < 4.78 is 6.20. The SMILES string of the molecule is COc1ccc2nc(Cl)n(CC(C)=O)c(=O)c2c1. The molecule has 6 heteroatoms. The van der Waals surface area contributed by atoms with Gasteiger partial charge in [-0.15, -0.1) is 0 Å². The maximum Gasteiger partial charge on any atom is 0.262 e. The Kier molecular flexibility index (Phi) is 3.34. The van der Waals surface area contributed by atoms with Crippen molar-refractivity contribution in [2.24, 2.45) is 0 Å². The topological polar surface area (TPSA) is 61.2 Å². The maximum absolute atomic E-state index is 12.2. The second kappa shape index (κ2) is 4.78. The molecule has 0 aliphatic heterocycles. The first-order valence-electron chi connectivity index (χ1n) is 5.26. The van der Waals surface area contributed by atoms with Gasteiger partial charge in [0, 0.05) is 0 Å². The van der Waals surface area contributed by atoms with Gasteiger partial charge in [-0.25, -0.2) is 4.98 Å². The number of benzene rings is 1. The highest BCUT2D eigenvalue weighted by molar-refractivity contribution is 6.28. The highest BCUT2D eigenvalue weighted by atomic mass is 35.5. The molecular formula is C12H11ClN2O3. The molecule has 0 N–H and O–H groups in total. The molecule has 5 nitrogen and oxygen atoms in total. The van der Waals surface area contributed by atoms with E-state index in [2.05, 4.69) is 4.98 Å². The fraction of sp³-hybridized carbons (Fsp3) is 0.250. The van der Waals surface area contributed by atoms with Crippen LogP contribution in [0.4, 0.5) is 0 Å². The Labute approximate surface area is 108 Å². The molecule has 2 aromatic rings. The molecule has 94 valence electrons. The van der Waals surface area contributed by atoms with Crippen molar-refractivity contribution >= 4 is 28.3 Å². The normalized spacial score (nSPS) is 10.6. The van der Waals surface area contributed by atoms with Crippen LogP contribution in [0.3, 0.4) is 0 Å². The molecule has 0 amide bonds. The summed E-state index contributed by atoms with van der Waals surface area (Å²) in [6, 6.07) is 4.93. The largest absolute Gasteiger partial charge is 0.497 e. The van der Waals surface area contributed by atoms with Gasteiger partial charge in [-0.2, -0.15) is 0 Å². The molecule has 0 bridgehead atoms. The molecule has 0 fully saturated rings. The standard InChI is InChI=1S/C12H11ClN2O3/c1-7(16)6-15-11(17)9-5-8(18-2)3-4-10(9)14-12(15)13/h3-5H,6H2,1-2H3. The van der Waals surface area contributed by atoms with Crippen molar-refractivity contribution < 1.29 is 9.53 Å². The number of halogens is 1. The molecule has 0 radical (unpaired) electrons.